The highest BCUT2D eigenvalue weighted by Gasteiger charge is 2.22. The van der Waals surface area contributed by atoms with Crippen molar-refractivity contribution in [2.75, 3.05) is 14.1 Å². The van der Waals surface area contributed by atoms with Gasteiger partial charge in [-0.15, -0.1) is 0 Å². The van der Waals surface area contributed by atoms with Crippen LogP contribution in [0.2, 0.25) is 0 Å². The molecule has 0 saturated heterocycles. The first-order valence-corrected chi connectivity index (χ1v) is 8.08. The van der Waals surface area contributed by atoms with Gasteiger partial charge in [0, 0.05) is 29.5 Å². The van der Waals surface area contributed by atoms with Gasteiger partial charge < -0.3 is 18.8 Å². The molecule has 7 nitrogen and oxygen atoms in total. The fourth-order valence-electron chi connectivity index (χ4n) is 2.01. The van der Waals surface area contributed by atoms with Gasteiger partial charge in [0.2, 0.25) is 0 Å². The molecule has 1 aromatic carbocycles. The number of fused-ring (bicyclic) bond motifs is 1. The van der Waals surface area contributed by atoms with E-state index in [0.29, 0.717) is 0 Å². The summed E-state index contributed by atoms with van der Waals surface area (Å²) < 4.78 is 119. The van der Waals surface area contributed by atoms with Gasteiger partial charge in [-0.2, -0.15) is 13.8 Å². The number of halogens is 2. The lowest BCUT2D eigenvalue weighted by molar-refractivity contribution is -0.0497. The summed E-state index contributed by atoms with van der Waals surface area (Å²) in [7, 11) is -6.01. The quantitative estimate of drug-likeness (QED) is 0.622. The fraction of sp³-hybridized carbons (Fsp3) is 0.250. The number of imidazole rings is 1. The van der Waals surface area contributed by atoms with Crippen molar-refractivity contribution in [2.45, 2.75) is 17.5 Å². The van der Waals surface area contributed by atoms with E-state index in [1.807, 2.05) is 0 Å². The van der Waals surface area contributed by atoms with Crippen LogP contribution < -0.4 is 14.2 Å². The third-order valence-corrected chi connectivity index (χ3v) is 4.22. The predicted octanol–water partition coefficient (Wildman–Crippen LogP) is 2.88. The van der Waals surface area contributed by atoms with E-state index in [-0.39, 0.29) is 21.9 Å². The van der Waals surface area contributed by atoms with Crippen LogP contribution in [0.3, 0.4) is 0 Å². The molecule has 1 unspecified atom stereocenters. The predicted molar refractivity (Wildman–Crippen MR) is 90.2 cm³/mol. The van der Waals surface area contributed by atoms with Gasteiger partial charge in [0.1, 0.15) is 11.4 Å². The average Bonchev–Trinajstić information content (AvgIpc) is 3.16. The number of H-pyrrole nitrogens is 1. The molecule has 10 heteroatoms. The largest absolute Gasteiger partial charge is 0.609 e. The minimum absolute atomic E-state index is 0.276. The monoisotopic (exact) mass is 392 g/mol. The summed E-state index contributed by atoms with van der Waals surface area (Å²) in [6.45, 7) is -3.36. The van der Waals surface area contributed by atoms with E-state index >= 15 is 0 Å². The summed E-state index contributed by atoms with van der Waals surface area (Å²) in [5.74, 6) is -2.56. The van der Waals surface area contributed by atoms with Crippen LogP contribution in [0.15, 0.2) is 35.5 Å². The van der Waals surface area contributed by atoms with E-state index in [0.717, 1.165) is 12.3 Å². The molecule has 0 spiro atoms. The fourth-order valence-corrected chi connectivity index (χ4v) is 3.01. The Balaban J connectivity index is 2.02. The summed E-state index contributed by atoms with van der Waals surface area (Å²) in [4.78, 5) is 10.3. The minimum atomic E-state index is -3.36. The molecule has 3 rings (SSSR count). The smallest absolute Gasteiger partial charge is 0.387 e. The lowest BCUT2D eigenvalue weighted by Gasteiger charge is -2.12. The zero-order valence-electron chi connectivity index (χ0n) is 21.6. The van der Waals surface area contributed by atoms with E-state index in [9.17, 15) is 13.3 Å². The Bertz CT molecular complexity index is 1240. The molecule has 2 aromatic heterocycles. The maximum atomic E-state index is 13.0. The molecule has 26 heavy (non-hydrogen) atoms. The number of nitrogens with one attached hydrogen (secondary N) is 1. The number of ether oxygens (including phenoxy) is 3. The Hall–Kier alpha value is -2.59. The first kappa shape index (κ1) is 9.93. The lowest BCUT2D eigenvalue weighted by Crippen LogP contribution is -2.10. The van der Waals surface area contributed by atoms with Crippen LogP contribution in [0.1, 0.15) is 18.0 Å². The second-order valence-corrected chi connectivity index (χ2v) is 5.99. The van der Waals surface area contributed by atoms with Crippen molar-refractivity contribution in [2.24, 2.45) is 0 Å². The summed E-state index contributed by atoms with van der Waals surface area (Å²) in [6, 6.07) is -1.16. The molecule has 0 aliphatic heterocycles. The Morgan fingerprint density at radius 2 is 2.23 bits per heavy atom. The summed E-state index contributed by atoms with van der Waals surface area (Å²) in [5, 5.41) is -0.362. The summed E-state index contributed by atoms with van der Waals surface area (Å²) in [5.41, 5.74) is -0.880. The van der Waals surface area contributed by atoms with Gasteiger partial charge >= 0.3 is 11.8 Å². The van der Waals surface area contributed by atoms with Gasteiger partial charge in [-0.25, -0.2) is 0 Å². The van der Waals surface area contributed by atoms with Crippen LogP contribution in [0.25, 0.3) is 11.0 Å². The van der Waals surface area contributed by atoms with Crippen LogP contribution >= 0.6 is 0 Å². The molecular weight excluding hydrogens is 368 g/mol. The van der Waals surface area contributed by atoms with Crippen LogP contribution in [-0.2, 0) is 16.9 Å². The third-order valence-electron chi connectivity index (χ3n) is 3.06. The normalized spacial score (nSPS) is 18.4. The first-order valence-electron chi connectivity index (χ1n) is 11.3. The zero-order chi connectivity index (χ0) is 26.3. The number of hydrogen-bond donors (Lipinski definition) is 1. The highest BCUT2D eigenvalue weighted by atomic mass is 32.2. The summed E-state index contributed by atoms with van der Waals surface area (Å²) >= 11 is -2.18. The van der Waals surface area contributed by atoms with Crippen LogP contribution in [0.4, 0.5) is 8.78 Å². The molecule has 0 radical (unpaired) electrons. The van der Waals surface area contributed by atoms with Crippen molar-refractivity contribution >= 4 is 22.2 Å². The molecule has 0 bridgehead atoms. The van der Waals surface area contributed by atoms with Gasteiger partial charge in [0.05, 0.1) is 37.4 Å². The number of aromatic nitrogens is 3. The van der Waals surface area contributed by atoms with E-state index in [4.69, 9.17) is 21.8 Å². The highest BCUT2D eigenvalue weighted by Crippen LogP contribution is 2.31. The SMILES string of the molecule is [2H]c1c(OC(F)F)c([2H])c2[nH]c([S+]([O-])Cc3nccc(OC([2H])([2H])[2H])c3OC([2H])([2H])[2H])nc2c1[2H]. The van der Waals surface area contributed by atoms with E-state index < -0.39 is 73.0 Å². The molecule has 0 saturated carbocycles. The molecule has 0 aliphatic carbocycles. The number of alkyl halides is 2. The van der Waals surface area contributed by atoms with E-state index in [1.54, 1.807) is 0 Å². The number of hydrogen-bond acceptors (Lipinski definition) is 6. The zero-order valence-corrected chi connectivity index (χ0v) is 13.4. The maximum absolute atomic E-state index is 13.0. The molecule has 0 fully saturated rings. The van der Waals surface area contributed by atoms with E-state index in [2.05, 4.69) is 19.7 Å². The Kier molecular flexibility index (Phi) is 2.96. The van der Waals surface area contributed by atoms with Crippen molar-refractivity contribution < 1.29 is 39.9 Å². The van der Waals surface area contributed by atoms with Crippen LogP contribution in [0, 0.1) is 0 Å². The van der Waals surface area contributed by atoms with Gasteiger partial charge in [-0.1, -0.05) is 0 Å². The second-order valence-electron chi connectivity index (χ2n) is 4.63. The number of rotatable bonds is 7. The first-order chi connectivity index (χ1) is 16.1. The molecule has 0 aliphatic rings. The van der Waals surface area contributed by atoms with Crippen molar-refractivity contribution in [1.82, 2.24) is 15.0 Å². The molecule has 1 atom stereocenters. The number of nitrogens with zero attached hydrogens (tertiary/aromatic N) is 2. The number of benzene rings is 1. The molecule has 3 aromatic rings. The Morgan fingerprint density at radius 3 is 3.00 bits per heavy atom. The third kappa shape index (κ3) is 3.81. The van der Waals surface area contributed by atoms with E-state index in [1.165, 1.54) is 0 Å². The molecular formula is C16H15F2N3O4S. The molecule has 1 N–H and O–H groups in total. The molecule has 138 valence electrons. The Morgan fingerprint density at radius 1 is 1.38 bits per heavy atom. The molecule has 2 heterocycles. The average molecular weight is 392 g/mol. The molecule has 0 amide bonds. The van der Waals surface area contributed by atoms with Crippen molar-refractivity contribution in [1.29, 1.82) is 0 Å². The van der Waals surface area contributed by atoms with Crippen molar-refractivity contribution in [3.63, 3.8) is 0 Å². The van der Waals surface area contributed by atoms with Gasteiger partial charge in [0.15, 0.2) is 17.3 Å². The van der Waals surface area contributed by atoms with Crippen molar-refractivity contribution in [3.8, 4) is 17.2 Å². The van der Waals surface area contributed by atoms with Crippen LogP contribution in [0.5, 0.6) is 17.2 Å². The second kappa shape index (κ2) is 7.75. The number of methoxy groups -OCH3 is 2. The van der Waals surface area contributed by atoms with Gasteiger partial charge in [0.25, 0.3) is 0 Å². The number of aromatic amines is 1. The van der Waals surface area contributed by atoms with Crippen molar-refractivity contribution in [3.05, 3.63) is 36.1 Å². The lowest BCUT2D eigenvalue weighted by atomic mass is 10.3. The van der Waals surface area contributed by atoms with Crippen LogP contribution in [-0.4, -0.2) is 40.2 Å². The van der Waals surface area contributed by atoms with Gasteiger partial charge in [-0.05, 0) is 12.1 Å². The van der Waals surface area contributed by atoms with Gasteiger partial charge in [-0.3, -0.25) is 9.97 Å². The topological polar surface area (TPSA) is 92.3 Å². The standard InChI is InChI=1S/C16H15F2N3O4S/c1-23-13-5-6-19-12(14(13)24-2)8-26(22)16-20-10-4-3-9(25-15(17)18)7-11(10)21-16/h3-7,15H,8H2,1-2H3,(H,20,21)/i1D3,2D3,3D,4D,7D. The minimum Gasteiger partial charge on any atom is -0.609 e. The highest BCUT2D eigenvalue weighted by molar-refractivity contribution is 7.90. The summed E-state index contributed by atoms with van der Waals surface area (Å²) in [6.07, 6.45) is 1.07. The number of pyridine rings is 1. The Labute approximate surface area is 163 Å². The maximum Gasteiger partial charge on any atom is 0.387 e.